The molecule has 2 rings (SSSR count). The molecule has 116 valence electrons. The normalized spacial score (nSPS) is 17.2. The maximum Gasteiger partial charge on any atom is 0.274 e. The van der Waals surface area contributed by atoms with Crippen LogP contribution in [0.25, 0.3) is 0 Å². The average Bonchev–Trinajstić information content (AvgIpc) is 2.98. The van der Waals surface area contributed by atoms with E-state index < -0.39 is 6.04 Å². The van der Waals surface area contributed by atoms with Gasteiger partial charge in [0.05, 0.1) is 12.2 Å². The quantitative estimate of drug-likeness (QED) is 0.677. The second kappa shape index (κ2) is 7.16. The predicted molar refractivity (Wildman–Crippen MR) is 76.8 cm³/mol. The Morgan fingerprint density at radius 1 is 1.48 bits per heavy atom. The summed E-state index contributed by atoms with van der Waals surface area (Å²) in [4.78, 5) is 23.6. The fourth-order valence-corrected chi connectivity index (χ4v) is 2.29. The number of rotatable bonds is 5. The van der Waals surface area contributed by atoms with E-state index in [9.17, 15) is 9.59 Å². The van der Waals surface area contributed by atoms with Crippen LogP contribution in [0, 0.1) is 0 Å². The summed E-state index contributed by atoms with van der Waals surface area (Å²) in [7, 11) is 0. The number of hydrogen-bond donors (Lipinski definition) is 3. The molecular formula is C13H22N6O2. The smallest absolute Gasteiger partial charge is 0.274 e. The third-order valence-electron chi connectivity index (χ3n) is 3.52. The van der Waals surface area contributed by atoms with Crippen molar-refractivity contribution in [2.45, 2.75) is 38.8 Å². The lowest BCUT2D eigenvalue weighted by atomic mass is 10.1. The van der Waals surface area contributed by atoms with E-state index in [2.05, 4.69) is 26.3 Å². The van der Waals surface area contributed by atoms with Gasteiger partial charge in [0.25, 0.3) is 5.91 Å². The van der Waals surface area contributed by atoms with Crippen LogP contribution in [0.4, 0.5) is 0 Å². The van der Waals surface area contributed by atoms with Crippen LogP contribution in [0.15, 0.2) is 6.20 Å². The molecule has 1 aliphatic rings. The Kier molecular flexibility index (Phi) is 5.26. The first-order valence-corrected chi connectivity index (χ1v) is 7.33. The van der Waals surface area contributed by atoms with E-state index in [4.69, 9.17) is 0 Å². The highest BCUT2D eigenvalue weighted by Crippen LogP contribution is 2.16. The third-order valence-corrected chi connectivity index (χ3v) is 3.52. The lowest BCUT2D eigenvalue weighted by molar-refractivity contribution is -0.122. The highest BCUT2D eigenvalue weighted by molar-refractivity contribution is 5.95. The number of hydrogen-bond acceptors (Lipinski definition) is 5. The van der Waals surface area contributed by atoms with E-state index >= 15 is 0 Å². The average molecular weight is 294 g/mol. The van der Waals surface area contributed by atoms with Crippen molar-refractivity contribution in [2.75, 3.05) is 19.6 Å². The highest BCUT2D eigenvalue weighted by atomic mass is 16.2. The van der Waals surface area contributed by atoms with Gasteiger partial charge < -0.3 is 16.0 Å². The summed E-state index contributed by atoms with van der Waals surface area (Å²) in [6.07, 6.45) is 3.59. The number of piperidine rings is 1. The van der Waals surface area contributed by atoms with Gasteiger partial charge in [-0.05, 0) is 39.8 Å². The van der Waals surface area contributed by atoms with Crippen LogP contribution in [0.5, 0.6) is 0 Å². The molecule has 1 saturated heterocycles. The predicted octanol–water partition coefficient (Wildman–Crippen LogP) is -0.543. The number of nitrogens with zero attached hydrogens (tertiary/aromatic N) is 3. The Labute approximate surface area is 123 Å². The Hall–Kier alpha value is -1.96. The maximum atomic E-state index is 12.0. The van der Waals surface area contributed by atoms with E-state index in [0.717, 1.165) is 25.9 Å². The minimum atomic E-state index is -0.596. The number of carbonyl (C=O) groups excluding carboxylic acids is 2. The van der Waals surface area contributed by atoms with Crippen LogP contribution in [-0.2, 0) is 4.79 Å². The molecule has 0 radical (unpaired) electrons. The van der Waals surface area contributed by atoms with Gasteiger partial charge in [0.2, 0.25) is 5.91 Å². The van der Waals surface area contributed by atoms with Crippen LogP contribution < -0.4 is 16.0 Å². The van der Waals surface area contributed by atoms with Gasteiger partial charge in [-0.15, -0.1) is 5.10 Å². The van der Waals surface area contributed by atoms with Gasteiger partial charge in [-0.1, -0.05) is 5.21 Å². The second-order valence-corrected chi connectivity index (χ2v) is 5.15. The zero-order valence-corrected chi connectivity index (χ0v) is 12.4. The molecule has 1 unspecified atom stereocenters. The third kappa shape index (κ3) is 4.01. The number of amides is 2. The Morgan fingerprint density at radius 2 is 2.19 bits per heavy atom. The first-order valence-electron chi connectivity index (χ1n) is 7.33. The van der Waals surface area contributed by atoms with Gasteiger partial charge in [0.15, 0.2) is 5.69 Å². The molecule has 1 fully saturated rings. The lowest BCUT2D eigenvalue weighted by Gasteiger charge is -2.22. The fraction of sp³-hybridized carbons (Fsp3) is 0.692. The summed E-state index contributed by atoms with van der Waals surface area (Å²) in [5.74, 6) is -0.592. The van der Waals surface area contributed by atoms with E-state index in [1.54, 1.807) is 17.8 Å². The van der Waals surface area contributed by atoms with Crippen molar-refractivity contribution in [1.82, 2.24) is 30.9 Å². The van der Waals surface area contributed by atoms with E-state index in [-0.39, 0.29) is 23.6 Å². The summed E-state index contributed by atoms with van der Waals surface area (Å²) in [6.45, 7) is 5.89. The number of aromatic nitrogens is 3. The molecular weight excluding hydrogens is 272 g/mol. The zero-order valence-electron chi connectivity index (χ0n) is 12.4. The van der Waals surface area contributed by atoms with Gasteiger partial charge in [0.1, 0.15) is 6.04 Å². The molecule has 0 aliphatic carbocycles. The van der Waals surface area contributed by atoms with Crippen LogP contribution >= 0.6 is 0 Å². The zero-order chi connectivity index (χ0) is 15.2. The van der Waals surface area contributed by atoms with Crippen molar-refractivity contribution in [3.8, 4) is 0 Å². The molecule has 8 nitrogen and oxygen atoms in total. The molecule has 0 saturated carbocycles. The molecule has 2 heterocycles. The molecule has 0 bridgehead atoms. The molecule has 0 spiro atoms. The topological polar surface area (TPSA) is 101 Å². The van der Waals surface area contributed by atoms with Crippen LogP contribution in [0.1, 0.15) is 43.2 Å². The summed E-state index contributed by atoms with van der Waals surface area (Å²) < 4.78 is 1.74. The molecule has 2 amide bonds. The first-order chi connectivity index (χ1) is 10.1. The minimum Gasteiger partial charge on any atom is -0.355 e. The molecule has 21 heavy (non-hydrogen) atoms. The minimum absolute atomic E-state index is 0.211. The molecule has 1 aliphatic heterocycles. The molecule has 1 atom stereocenters. The first kappa shape index (κ1) is 15.4. The molecule has 1 aromatic rings. The summed E-state index contributed by atoms with van der Waals surface area (Å²) in [6, 6.07) is -0.317. The van der Waals surface area contributed by atoms with Crippen molar-refractivity contribution in [1.29, 1.82) is 0 Å². The fourth-order valence-electron chi connectivity index (χ4n) is 2.29. The van der Waals surface area contributed by atoms with Gasteiger partial charge >= 0.3 is 0 Å². The van der Waals surface area contributed by atoms with Crippen molar-refractivity contribution in [3.63, 3.8) is 0 Å². The van der Waals surface area contributed by atoms with Crippen molar-refractivity contribution in [3.05, 3.63) is 11.9 Å². The Bertz CT molecular complexity index is 495. The van der Waals surface area contributed by atoms with Crippen LogP contribution in [-0.4, -0.2) is 52.5 Å². The van der Waals surface area contributed by atoms with E-state index in [0.29, 0.717) is 6.54 Å². The summed E-state index contributed by atoms with van der Waals surface area (Å²) >= 11 is 0. The largest absolute Gasteiger partial charge is 0.355 e. The van der Waals surface area contributed by atoms with Gasteiger partial charge in [-0.2, -0.15) is 0 Å². The molecule has 0 aromatic carbocycles. The molecule has 8 heteroatoms. The maximum absolute atomic E-state index is 12.0. The van der Waals surface area contributed by atoms with Crippen molar-refractivity contribution < 1.29 is 9.59 Å². The van der Waals surface area contributed by atoms with Gasteiger partial charge in [-0.25, -0.2) is 4.68 Å². The molecule has 3 N–H and O–H groups in total. The Morgan fingerprint density at radius 3 is 2.86 bits per heavy atom. The summed E-state index contributed by atoms with van der Waals surface area (Å²) in [5.41, 5.74) is 0.240. The van der Waals surface area contributed by atoms with Crippen molar-refractivity contribution in [2.24, 2.45) is 0 Å². The Balaban J connectivity index is 1.93. The van der Waals surface area contributed by atoms with Gasteiger partial charge in [0, 0.05) is 6.54 Å². The van der Waals surface area contributed by atoms with E-state index in [1.807, 2.05) is 6.92 Å². The SMILES string of the molecule is CCNC(=O)C(C)NC(=O)c1cn(C2CCNCC2)nn1. The van der Waals surface area contributed by atoms with Crippen LogP contribution in [0.3, 0.4) is 0 Å². The van der Waals surface area contributed by atoms with Gasteiger partial charge in [-0.3, -0.25) is 9.59 Å². The summed E-state index contributed by atoms with van der Waals surface area (Å²) in [5, 5.41) is 16.5. The second-order valence-electron chi connectivity index (χ2n) is 5.15. The molecule has 1 aromatic heterocycles. The van der Waals surface area contributed by atoms with Crippen LogP contribution in [0.2, 0.25) is 0 Å². The van der Waals surface area contributed by atoms with E-state index in [1.165, 1.54) is 0 Å². The number of nitrogens with one attached hydrogen (secondary N) is 3. The number of likely N-dealkylation sites (N-methyl/N-ethyl adjacent to an activating group) is 1. The van der Waals surface area contributed by atoms with Crippen molar-refractivity contribution >= 4 is 11.8 Å². The lowest BCUT2D eigenvalue weighted by Crippen LogP contribution is -2.44. The highest BCUT2D eigenvalue weighted by Gasteiger charge is 2.21. The monoisotopic (exact) mass is 294 g/mol. The number of carbonyl (C=O) groups is 2. The standard InChI is InChI=1S/C13H22N6O2/c1-3-15-12(20)9(2)16-13(21)11-8-19(18-17-11)10-4-6-14-7-5-10/h8-10,14H,3-7H2,1-2H3,(H,15,20)(H,16,21).